The molecule has 44 heavy (non-hydrogen) atoms. The van der Waals surface area contributed by atoms with Crippen molar-refractivity contribution in [3.05, 3.63) is 95.4 Å². The van der Waals surface area contributed by atoms with Gasteiger partial charge < -0.3 is 0 Å². The number of unbranched alkanes of at least 4 members (excludes halogenated alkanes) is 10. The SMILES string of the molecule is CCCCCCCCC1(CCCCCCCC)c2ccccc2-c2ccc(-c3ccc(-c4ccc(-c5cccs5)s4)s3)cc21. The average molecular weight is 637 g/mol. The van der Waals surface area contributed by atoms with Gasteiger partial charge in [-0.25, -0.2) is 0 Å². The van der Waals surface area contributed by atoms with E-state index in [-0.39, 0.29) is 5.41 Å². The van der Waals surface area contributed by atoms with E-state index in [0.717, 1.165) is 0 Å². The minimum atomic E-state index is 0.140. The van der Waals surface area contributed by atoms with Gasteiger partial charge in [0.2, 0.25) is 0 Å². The zero-order valence-corrected chi connectivity index (χ0v) is 29.2. The van der Waals surface area contributed by atoms with Gasteiger partial charge >= 0.3 is 0 Å². The predicted octanol–water partition coefficient (Wildman–Crippen LogP) is 14.6. The monoisotopic (exact) mass is 636 g/mol. The second-order valence-electron chi connectivity index (χ2n) is 12.7. The lowest BCUT2D eigenvalue weighted by Gasteiger charge is -2.33. The molecule has 0 aliphatic heterocycles. The molecule has 0 radical (unpaired) electrons. The molecule has 230 valence electrons. The first-order valence-electron chi connectivity index (χ1n) is 17.2. The Morgan fingerprint density at radius 1 is 0.477 bits per heavy atom. The molecule has 0 fully saturated rings. The molecule has 0 saturated heterocycles. The fourth-order valence-electron chi connectivity index (χ4n) is 7.33. The third kappa shape index (κ3) is 6.86. The van der Waals surface area contributed by atoms with E-state index in [0.29, 0.717) is 0 Å². The lowest BCUT2D eigenvalue weighted by atomic mass is 9.70. The summed E-state index contributed by atoms with van der Waals surface area (Å²) in [6.45, 7) is 4.64. The van der Waals surface area contributed by atoms with Gasteiger partial charge in [0.15, 0.2) is 0 Å². The summed E-state index contributed by atoms with van der Waals surface area (Å²) in [5.74, 6) is 0. The van der Waals surface area contributed by atoms with Crippen LogP contribution in [0.4, 0.5) is 0 Å². The van der Waals surface area contributed by atoms with Crippen LogP contribution in [0.5, 0.6) is 0 Å². The molecule has 0 saturated carbocycles. The maximum Gasteiger partial charge on any atom is 0.0449 e. The highest BCUT2D eigenvalue weighted by Gasteiger charge is 2.42. The third-order valence-corrected chi connectivity index (χ3v) is 13.2. The smallest absolute Gasteiger partial charge is 0.0449 e. The van der Waals surface area contributed by atoms with Gasteiger partial charge in [-0.1, -0.05) is 133 Å². The number of hydrogen-bond acceptors (Lipinski definition) is 3. The molecule has 1 aliphatic carbocycles. The van der Waals surface area contributed by atoms with E-state index in [1.807, 2.05) is 34.0 Å². The number of thiophene rings is 3. The van der Waals surface area contributed by atoms with Crippen LogP contribution in [0.15, 0.2) is 84.2 Å². The van der Waals surface area contributed by atoms with E-state index in [9.17, 15) is 0 Å². The highest BCUT2D eigenvalue weighted by Crippen LogP contribution is 2.55. The Labute approximate surface area is 278 Å². The van der Waals surface area contributed by atoms with Crippen LogP contribution < -0.4 is 0 Å². The van der Waals surface area contributed by atoms with Crippen LogP contribution in [0.2, 0.25) is 0 Å². The number of hydrogen-bond donors (Lipinski definition) is 0. The van der Waals surface area contributed by atoms with E-state index >= 15 is 0 Å². The standard InChI is InChI=1S/C41H48S3/c1-3-5-7-9-11-15-27-41(28-16-12-10-8-6-4-2)34-19-14-13-18-32(34)33-22-21-31(30-35(33)41)36-23-24-39(43-36)40-26-25-38(44-40)37-20-17-29-42-37/h13-14,17-26,29-30H,3-12,15-16,27-28H2,1-2H3. The van der Waals surface area contributed by atoms with Crippen LogP contribution >= 0.6 is 34.0 Å². The van der Waals surface area contributed by atoms with Crippen LogP contribution in [-0.2, 0) is 5.41 Å². The Kier molecular flexibility index (Phi) is 10.9. The Bertz CT molecular complexity index is 1580. The Balaban J connectivity index is 1.29. The van der Waals surface area contributed by atoms with Gasteiger partial charge in [-0.3, -0.25) is 0 Å². The first-order chi connectivity index (χ1) is 21.7. The molecule has 3 aromatic heterocycles. The summed E-state index contributed by atoms with van der Waals surface area (Å²) in [7, 11) is 0. The lowest BCUT2D eigenvalue weighted by molar-refractivity contribution is 0.398. The fourth-order valence-corrected chi connectivity index (χ4v) is 10.3. The van der Waals surface area contributed by atoms with Crippen molar-refractivity contribution in [1.29, 1.82) is 0 Å². The van der Waals surface area contributed by atoms with Crippen molar-refractivity contribution >= 4 is 34.0 Å². The minimum absolute atomic E-state index is 0.140. The molecule has 0 atom stereocenters. The molecule has 3 heterocycles. The summed E-state index contributed by atoms with van der Waals surface area (Å²) < 4.78 is 0. The molecule has 0 bridgehead atoms. The fraction of sp³-hybridized carbons (Fsp3) is 0.415. The molecule has 2 aromatic carbocycles. The normalized spacial score (nSPS) is 13.3. The second-order valence-corrected chi connectivity index (χ2v) is 15.8. The van der Waals surface area contributed by atoms with E-state index in [1.54, 1.807) is 11.1 Å². The van der Waals surface area contributed by atoms with Crippen molar-refractivity contribution in [2.75, 3.05) is 0 Å². The van der Waals surface area contributed by atoms with Crippen molar-refractivity contribution in [3.8, 4) is 41.1 Å². The molecular weight excluding hydrogens is 589 g/mol. The second kappa shape index (κ2) is 15.2. The first kappa shape index (κ1) is 31.5. The third-order valence-electron chi connectivity index (χ3n) is 9.69. The number of rotatable bonds is 17. The van der Waals surface area contributed by atoms with Crippen molar-refractivity contribution in [2.45, 2.75) is 109 Å². The quantitative estimate of drug-likeness (QED) is 0.0891. The van der Waals surface area contributed by atoms with Gasteiger partial charge in [-0.2, -0.15) is 0 Å². The van der Waals surface area contributed by atoms with Crippen LogP contribution in [0.3, 0.4) is 0 Å². The van der Waals surface area contributed by atoms with E-state index < -0.39 is 0 Å². The molecule has 6 rings (SSSR count). The largest absolute Gasteiger partial charge is 0.143 e. The van der Waals surface area contributed by atoms with Crippen LogP contribution in [0.1, 0.15) is 115 Å². The molecule has 0 spiro atoms. The maximum absolute atomic E-state index is 2.60. The van der Waals surface area contributed by atoms with Gasteiger partial charge in [0.25, 0.3) is 0 Å². The van der Waals surface area contributed by atoms with Crippen LogP contribution in [0.25, 0.3) is 41.1 Å². The molecule has 0 N–H and O–H groups in total. The van der Waals surface area contributed by atoms with Crippen molar-refractivity contribution < 1.29 is 0 Å². The number of benzene rings is 2. The molecule has 5 aromatic rings. The van der Waals surface area contributed by atoms with E-state index in [4.69, 9.17) is 0 Å². The molecule has 0 unspecified atom stereocenters. The first-order valence-corrected chi connectivity index (χ1v) is 19.7. The minimum Gasteiger partial charge on any atom is -0.143 e. The highest BCUT2D eigenvalue weighted by molar-refractivity contribution is 7.27. The zero-order chi connectivity index (χ0) is 30.2. The van der Waals surface area contributed by atoms with Crippen molar-refractivity contribution in [1.82, 2.24) is 0 Å². The topological polar surface area (TPSA) is 0 Å². The summed E-state index contributed by atoms with van der Waals surface area (Å²) in [5.41, 5.74) is 7.69. The van der Waals surface area contributed by atoms with Gasteiger partial charge in [-0.05, 0) is 82.4 Å². The molecule has 0 amide bonds. The van der Waals surface area contributed by atoms with Gasteiger partial charge in [0.05, 0.1) is 0 Å². The van der Waals surface area contributed by atoms with Crippen molar-refractivity contribution in [3.63, 3.8) is 0 Å². The molecule has 3 heteroatoms. The van der Waals surface area contributed by atoms with Crippen molar-refractivity contribution in [2.24, 2.45) is 0 Å². The van der Waals surface area contributed by atoms with Gasteiger partial charge in [-0.15, -0.1) is 34.0 Å². The van der Waals surface area contributed by atoms with E-state index in [1.165, 1.54) is 131 Å². The van der Waals surface area contributed by atoms with Gasteiger partial charge in [0.1, 0.15) is 0 Å². The summed E-state index contributed by atoms with van der Waals surface area (Å²) in [6, 6.07) is 30.5. The van der Waals surface area contributed by atoms with E-state index in [2.05, 4.69) is 98.1 Å². The van der Waals surface area contributed by atoms with Crippen LogP contribution in [0, 0.1) is 0 Å². The Hall–Kier alpha value is -2.46. The van der Waals surface area contributed by atoms with Crippen LogP contribution in [-0.4, -0.2) is 0 Å². The summed E-state index contributed by atoms with van der Waals surface area (Å²) in [4.78, 5) is 6.87. The molecule has 1 aliphatic rings. The average Bonchev–Trinajstić information content (AvgIpc) is 3.87. The predicted molar refractivity (Wildman–Crippen MR) is 199 cm³/mol. The zero-order valence-electron chi connectivity index (χ0n) is 26.7. The maximum atomic E-state index is 2.60. The molecular formula is C41H48S3. The highest BCUT2D eigenvalue weighted by atomic mass is 32.1. The summed E-state index contributed by atoms with van der Waals surface area (Å²) in [5, 5.41) is 2.17. The summed E-state index contributed by atoms with van der Waals surface area (Å²) >= 11 is 5.69. The summed E-state index contributed by atoms with van der Waals surface area (Å²) in [6.07, 6.45) is 18.8. The molecule has 0 nitrogen and oxygen atoms in total. The Morgan fingerprint density at radius 3 is 1.70 bits per heavy atom. The van der Waals surface area contributed by atoms with Gasteiger partial charge in [0, 0.05) is 29.8 Å². The number of fused-ring (bicyclic) bond motifs is 3. The Morgan fingerprint density at radius 2 is 1.05 bits per heavy atom. The lowest BCUT2D eigenvalue weighted by Crippen LogP contribution is -2.25.